The Morgan fingerprint density at radius 2 is 2.05 bits per heavy atom. The zero-order valence-electron chi connectivity index (χ0n) is 9.90. The fraction of sp³-hybridized carbons (Fsp3) is 0. The number of carboxylic acid groups (broad SMARTS) is 1. The van der Waals surface area contributed by atoms with E-state index in [9.17, 15) is 19.7 Å². The number of anilines is 1. The van der Waals surface area contributed by atoms with Crippen molar-refractivity contribution in [2.45, 2.75) is 0 Å². The van der Waals surface area contributed by atoms with Crippen LogP contribution in [0.3, 0.4) is 0 Å². The van der Waals surface area contributed by atoms with Crippen molar-refractivity contribution in [2.24, 2.45) is 0 Å². The van der Waals surface area contributed by atoms with E-state index in [1.54, 1.807) is 17.5 Å². The Hall–Kier alpha value is -2.74. The second-order valence-electron chi connectivity index (χ2n) is 3.72. The lowest BCUT2D eigenvalue weighted by Gasteiger charge is -2.07. The number of carbonyl (C=O) groups excluding carboxylic acids is 1. The maximum atomic E-state index is 11.9. The standard InChI is InChI=1S/C12H8N2O5S/c15-11(10-2-1-5-20-10)13-9-6-7(14(18)19)3-4-8(9)12(16)17/h1-6H,(H,13,15)(H,16,17). The van der Waals surface area contributed by atoms with E-state index in [2.05, 4.69) is 5.32 Å². The van der Waals surface area contributed by atoms with E-state index >= 15 is 0 Å². The molecular weight excluding hydrogens is 284 g/mol. The van der Waals surface area contributed by atoms with Crippen LogP contribution in [0.15, 0.2) is 35.7 Å². The lowest BCUT2D eigenvalue weighted by molar-refractivity contribution is -0.384. The molecule has 1 aromatic carbocycles. The molecule has 0 unspecified atom stereocenters. The van der Waals surface area contributed by atoms with Crippen molar-refractivity contribution in [2.75, 3.05) is 5.32 Å². The van der Waals surface area contributed by atoms with Gasteiger partial charge in [0.05, 0.1) is 21.1 Å². The second kappa shape index (κ2) is 5.49. The van der Waals surface area contributed by atoms with Crippen molar-refractivity contribution in [3.63, 3.8) is 0 Å². The summed E-state index contributed by atoms with van der Waals surface area (Å²) < 4.78 is 0. The smallest absolute Gasteiger partial charge is 0.337 e. The minimum absolute atomic E-state index is 0.106. The van der Waals surface area contributed by atoms with Gasteiger partial charge >= 0.3 is 5.97 Å². The third-order valence-corrected chi connectivity index (χ3v) is 3.31. The zero-order chi connectivity index (χ0) is 14.7. The van der Waals surface area contributed by atoms with E-state index in [1.165, 1.54) is 11.3 Å². The summed E-state index contributed by atoms with van der Waals surface area (Å²) in [7, 11) is 0. The van der Waals surface area contributed by atoms with Crippen molar-refractivity contribution in [3.8, 4) is 0 Å². The van der Waals surface area contributed by atoms with Gasteiger partial charge in [0.25, 0.3) is 11.6 Å². The molecule has 20 heavy (non-hydrogen) atoms. The van der Waals surface area contributed by atoms with Crippen molar-refractivity contribution in [1.29, 1.82) is 0 Å². The number of carbonyl (C=O) groups is 2. The minimum atomic E-state index is -1.28. The Balaban J connectivity index is 2.37. The number of non-ortho nitro benzene ring substituents is 1. The third-order valence-electron chi connectivity index (χ3n) is 2.44. The summed E-state index contributed by atoms with van der Waals surface area (Å²) in [5.74, 6) is -1.79. The predicted octanol–water partition coefficient (Wildman–Crippen LogP) is 2.61. The molecule has 2 rings (SSSR count). The first-order chi connectivity index (χ1) is 9.49. The number of hydrogen-bond acceptors (Lipinski definition) is 5. The van der Waals surface area contributed by atoms with Crippen LogP contribution in [0.2, 0.25) is 0 Å². The Labute approximate surface area is 116 Å². The first kappa shape index (κ1) is 13.7. The largest absolute Gasteiger partial charge is 0.478 e. The van der Waals surface area contributed by atoms with Gasteiger partial charge in [-0.3, -0.25) is 14.9 Å². The highest BCUT2D eigenvalue weighted by Gasteiger charge is 2.18. The maximum Gasteiger partial charge on any atom is 0.337 e. The van der Waals surface area contributed by atoms with Crippen molar-refractivity contribution >= 4 is 34.6 Å². The quantitative estimate of drug-likeness (QED) is 0.665. The molecule has 0 atom stereocenters. The van der Waals surface area contributed by atoms with Gasteiger partial charge in [-0.1, -0.05) is 6.07 Å². The summed E-state index contributed by atoms with van der Waals surface area (Å²) in [6.45, 7) is 0. The summed E-state index contributed by atoms with van der Waals surface area (Å²) in [6.07, 6.45) is 0. The highest BCUT2D eigenvalue weighted by Crippen LogP contribution is 2.24. The molecule has 1 aromatic heterocycles. The normalized spacial score (nSPS) is 10.0. The highest BCUT2D eigenvalue weighted by molar-refractivity contribution is 7.12. The van der Waals surface area contributed by atoms with Crippen LogP contribution in [0.5, 0.6) is 0 Å². The van der Waals surface area contributed by atoms with Gasteiger partial charge in [-0.05, 0) is 17.5 Å². The molecule has 0 aliphatic rings. The fourth-order valence-corrected chi connectivity index (χ4v) is 2.15. The Kier molecular flexibility index (Phi) is 3.76. The number of amides is 1. The van der Waals surface area contributed by atoms with Gasteiger partial charge in [0.15, 0.2) is 0 Å². The molecule has 7 nitrogen and oxygen atoms in total. The molecule has 2 N–H and O–H groups in total. The number of benzene rings is 1. The molecule has 1 amide bonds. The summed E-state index contributed by atoms with van der Waals surface area (Å²) in [5.41, 5.74) is -0.609. The minimum Gasteiger partial charge on any atom is -0.478 e. The topological polar surface area (TPSA) is 110 Å². The Morgan fingerprint density at radius 3 is 2.60 bits per heavy atom. The molecule has 8 heteroatoms. The van der Waals surface area contributed by atoms with Crippen LogP contribution in [0.4, 0.5) is 11.4 Å². The molecule has 0 aliphatic carbocycles. The molecule has 102 valence electrons. The molecule has 0 saturated carbocycles. The van der Waals surface area contributed by atoms with E-state index < -0.39 is 16.8 Å². The number of thiophene rings is 1. The summed E-state index contributed by atoms with van der Waals surface area (Å²) in [5, 5.41) is 23.8. The molecule has 1 heterocycles. The fourth-order valence-electron chi connectivity index (χ4n) is 1.53. The lowest BCUT2D eigenvalue weighted by Crippen LogP contribution is -2.13. The SMILES string of the molecule is O=C(Nc1cc([N+](=O)[O-])ccc1C(=O)O)c1cccs1. The molecule has 0 spiro atoms. The van der Waals surface area contributed by atoms with E-state index in [4.69, 9.17) is 5.11 Å². The Bertz CT molecular complexity index is 681. The van der Waals surface area contributed by atoms with Crippen molar-refractivity contribution < 1.29 is 19.6 Å². The summed E-state index contributed by atoms with van der Waals surface area (Å²) in [6, 6.07) is 6.42. The Morgan fingerprint density at radius 1 is 1.30 bits per heavy atom. The van der Waals surface area contributed by atoms with Crippen LogP contribution in [0, 0.1) is 10.1 Å². The van der Waals surface area contributed by atoms with Gasteiger partial charge in [0.1, 0.15) is 0 Å². The van der Waals surface area contributed by atoms with Gasteiger partial charge in [0, 0.05) is 12.1 Å². The second-order valence-corrected chi connectivity index (χ2v) is 4.67. The van der Waals surface area contributed by atoms with Crippen LogP contribution in [-0.2, 0) is 0 Å². The monoisotopic (exact) mass is 292 g/mol. The lowest BCUT2D eigenvalue weighted by atomic mass is 10.1. The molecule has 0 fully saturated rings. The van der Waals surface area contributed by atoms with Crippen molar-refractivity contribution in [1.82, 2.24) is 0 Å². The first-order valence-electron chi connectivity index (χ1n) is 5.35. The van der Waals surface area contributed by atoms with Gasteiger partial charge in [-0.15, -0.1) is 11.3 Å². The average molecular weight is 292 g/mol. The van der Waals surface area contributed by atoms with Crippen LogP contribution >= 0.6 is 11.3 Å². The maximum absolute atomic E-state index is 11.9. The number of carboxylic acids is 1. The summed E-state index contributed by atoms with van der Waals surface area (Å²) in [4.78, 5) is 33.3. The average Bonchev–Trinajstić information content (AvgIpc) is 2.92. The zero-order valence-corrected chi connectivity index (χ0v) is 10.7. The number of nitro benzene ring substituents is 1. The molecular formula is C12H8N2O5S. The summed E-state index contributed by atoms with van der Waals surface area (Å²) >= 11 is 1.18. The number of nitrogens with zero attached hydrogens (tertiary/aromatic N) is 1. The van der Waals surface area contributed by atoms with Crippen molar-refractivity contribution in [3.05, 3.63) is 56.3 Å². The van der Waals surface area contributed by atoms with E-state index in [0.29, 0.717) is 4.88 Å². The number of nitro groups is 1. The van der Waals surface area contributed by atoms with Gasteiger partial charge in [-0.2, -0.15) is 0 Å². The molecule has 0 aliphatic heterocycles. The number of nitrogens with one attached hydrogen (secondary N) is 1. The molecule has 0 saturated heterocycles. The number of aromatic carboxylic acids is 1. The van der Waals surface area contributed by atoms with Gasteiger partial charge < -0.3 is 10.4 Å². The van der Waals surface area contributed by atoms with Crippen LogP contribution < -0.4 is 5.32 Å². The third kappa shape index (κ3) is 2.81. The van der Waals surface area contributed by atoms with Gasteiger partial charge in [0.2, 0.25) is 0 Å². The number of rotatable bonds is 4. The van der Waals surface area contributed by atoms with Crippen LogP contribution in [0.25, 0.3) is 0 Å². The molecule has 2 aromatic rings. The predicted molar refractivity (Wildman–Crippen MR) is 72.3 cm³/mol. The van der Waals surface area contributed by atoms with Crippen LogP contribution in [0.1, 0.15) is 20.0 Å². The van der Waals surface area contributed by atoms with Gasteiger partial charge in [-0.25, -0.2) is 4.79 Å². The van der Waals surface area contributed by atoms with E-state index in [0.717, 1.165) is 18.2 Å². The van der Waals surface area contributed by atoms with E-state index in [-0.39, 0.29) is 16.9 Å². The van der Waals surface area contributed by atoms with E-state index in [1.807, 2.05) is 0 Å². The first-order valence-corrected chi connectivity index (χ1v) is 6.23. The van der Waals surface area contributed by atoms with Crippen LogP contribution in [-0.4, -0.2) is 21.9 Å². The highest BCUT2D eigenvalue weighted by atomic mass is 32.1. The number of hydrogen-bond donors (Lipinski definition) is 2. The molecule has 0 bridgehead atoms. The molecule has 0 radical (unpaired) electrons.